The van der Waals surface area contributed by atoms with E-state index in [4.69, 9.17) is 4.74 Å². The molecule has 8 heteroatoms. The Bertz CT molecular complexity index is 1320. The molecule has 1 fully saturated rings. The molecule has 3 aromatic rings. The summed E-state index contributed by atoms with van der Waals surface area (Å²) in [6.07, 6.45) is 3.02. The van der Waals surface area contributed by atoms with Crippen molar-refractivity contribution in [3.63, 3.8) is 0 Å². The van der Waals surface area contributed by atoms with Crippen LogP contribution in [-0.4, -0.2) is 36.1 Å². The second kappa shape index (κ2) is 9.63. The van der Waals surface area contributed by atoms with E-state index >= 15 is 0 Å². The highest BCUT2D eigenvalue weighted by atomic mass is 16.5. The minimum Gasteiger partial charge on any atom is -0.497 e. The van der Waals surface area contributed by atoms with E-state index in [1.807, 2.05) is 6.07 Å². The van der Waals surface area contributed by atoms with Gasteiger partial charge in [-0.05, 0) is 48.4 Å². The summed E-state index contributed by atoms with van der Waals surface area (Å²) in [5.41, 5.74) is 1.95. The molecule has 2 unspecified atom stereocenters. The third-order valence-corrected chi connectivity index (χ3v) is 6.98. The Hall–Kier alpha value is -4.12. The number of hydrogen-bond donors (Lipinski definition) is 2. The van der Waals surface area contributed by atoms with E-state index in [0.717, 1.165) is 32.4 Å². The fraction of sp³-hybridized carbons (Fsp3) is 0.333. The van der Waals surface area contributed by atoms with Gasteiger partial charge in [0.15, 0.2) is 0 Å². The van der Waals surface area contributed by atoms with Gasteiger partial charge in [-0.15, -0.1) is 0 Å². The highest BCUT2D eigenvalue weighted by molar-refractivity contribution is 5.98. The number of aromatic amines is 1. The molecule has 2 aromatic carbocycles. The molecule has 2 aliphatic heterocycles. The first-order valence-electron chi connectivity index (χ1n) is 11.8. The van der Waals surface area contributed by atoms with Crippen LogP contribution in [0.25, 0.3) is 0 Å². The van der Waals surface area contributed by atoms with E-state index in [0.29, 0.717) is 28.7 Å². The number of H-pyrrole nitrogens is 1. The van der Waals surface area contributed by atoms with Gasteiger partial charge in [0.1, 0.15) is 17.5 Å². The van der Waals surface area contributed by atoms with Gasteiger partial charge < -0.3 is 15.0 Å². The third kappa shape index (κ3) is 4.50. The molecular weight excluding hydrogens is 442 g/mol. The summed E-state index contributed by atoms with van der Waals surface area (Å²) in [4.78, 5) is 35.8. The number of methoxy groups -OCH3 is 1. The lowest BCUT2D eigenvalue weighted by Gasteiger charge is -2.34. The number of aromatic nitrogens is 2. The molecule has 0 radical (unpaired) electrons. The van der Waals surface area contributed by atoms with Crippen LogP contribution in [0.3, 0.4) is 0 Å². The van der Waals surface area contributed by atoms with E-state index in [1.54, 1.807) is 31.4 Å². The number of nitrogens with one attached hydrogen (secondary N) is 2. The highest BCUT2D eigenvalue weighted by Gasteiger charge is 2.40. The van der Waals surface area contributed by atoms with Gasteiger partial charge in [-0.2, -0.15) is 10.2 Å². The van der Waals surface area contributed by atoms with Gasteiger partial charge in [0.05, 0.1) is 18.7 Å². The second-order valence-electron chi connectivity index (χ2n) is 9.12. The van der Waals surface area contributed by atoms with E-state index in [-0.39, 0.29) is 11.4 Å². The number of benzene rings is 2. The largest absolute Gasteiger partial charge is 0.497 e. The molecular formula is C27H27N5O3. The van der Waals surface area contributed by atoms with Crippen molar-refractivity contribution in [2.45, 2.75) is 25.2 Å². The summed E-state index contributed by atoms with van der Waals surface area (Å²) in [6, 6.07) is 19.7. The van der Waals surface area contributed by atoms with Crippen LogP contribution in [0.1, 0.15) is 35.4 Å². The standard InChI is InChI=1S/C27H27N5O3/c1-35-20-9-5-8-19(15-20)22-21(16-28)25(33)29-24-23(22)26(34)31-27(30-24)32-12-10-18(11-13-32)14-17-6-3-2-4-7-17/h2-9,15,18,21-22H,10-14H2,1H3,(H2,29,30,31,33,34). The van der Waals surface area contributed by atoms with E-state index in [1.165, 1.54) is 5.56 Å². The number of amides is 1. The lowest BCUT2D eigenvalue weighted by atomic mass is 9.79. The first-order valence-corrected chi connectivity index (χ1v) is 11.8. The van der Waals surface area contributed by atoms with Gasteiger partial charge in [0, 0.05) is 19.0 Å². The number of carbonyl (C=O) groups is 1. The number of fused-ring (bicyclic) bond motifs is 1. The van der Waals surface area contributed by atoms with Crippen molar-refractivity contribution >= 4 is 17.7 Å². The first kappa shape index (κ1) is 22.7. The van der Waals surface area contributed by atoms with E-state index < -0.39 is 17.7 Å². The van der Waals surface area contributed by atoms with Crippen LogP contribution in [0.15, 0.2) is 59.4 Å². The molecule has 0 aliphatic carbocycles. The Balaban J connectivity index is 1.41. The summed E-state index contributed by atoms with van der Waals surface area (Å²) in [5, 5.41) is 12.4. The molecule has 2 atom stereocenters. The van der Waals surface area contributed by atoms with Crippen LogP contribution in [0.5, 0.6) is 5.75 Å². The summed E-state index contributed by atoms with van der Waals surface area (Å²) in [7, 11) is 1.55. The number of nitrogens with zero attached hydrogens (tertiary/aromatic N) is 3. The Morgan fingerprint density at radius 2 is 1.89 bits per heavy atom. The first-order chi connectivity index (χ1) is 17.1. The van der Waals surface area contributed by atoms with Crippen molar-refractivity contribution in [1.82, 2.24) is 9.97 Å². The van der Waals surface area contributed by atoms with Gasteiger partial charge in [0.25, 0.3) is 5.56 Å². The van der Waals surface area contributed by atoms with E-state index in [2.05, 4.69) is 50.5 Å². The minimum atomic E-state index is -1.04. The number of piperidine rings is 1. The molecule has 0 bridgehead atoms. The topological polar surface area (TPSA) is 111 Å². The highest BCUT2D eigenvalue weighted by Crippen LogP contribution is 2.39. The maximum atomic E-state index is 13.3. The maximum absolute atomic E-state index is 13.3. The molecule has 0 saturated carbocycles. The monoisotopic (exact) mass is 469 g/mol. The Morgan fingerprint density at radius 1 is 1.11 bits per heavy atom. The Labute approximate surface area is 203 Å². The molecule has 5 rings (SSSR count). The van der Waals surface area contributed by atoms with Crippen LogP contribution in [-0.2, 0) is 11.2 Å². The lowest BCUT2D eigenvalue weighted by molar-refractivity contribution is -0.119. The molecule has 2 N–H and O–H groups in total. The quantitative estimate of drug-likeness (QED) is 0.592. The number of hydrogen-bond acceptors (Lipinski definition) is 6. The second-order valence-corrected chi connectivity index (χ2v) is 9.12. The lowest BCUT2D eigenvalue weighted by Crippen LogP contribution is -2.41. The minimum absolute atomic E-state index is 0.222. The van der Waals surface area contributed by atoms with Crippen LogP contribution < -0.4 is 20.5 Å². The van der Waals surface area contributed by atoms with Crippen LogP contribution in [0.4, 0.5) is 11.8 Å². The molecule has 3 heterocycles. The summed E-state index contributed by atoms with van der Waals surface area (Å²) in [5.74, 6) is -0.402. The van der Waals surface area contributed by atoms with Crippen LogP contribution in [0.2, 0.25) is 0 Å². The van der Waals surface area contributed by atoms with Gasteiger partial charge in [0.2, 0.25) is 11.9 Å². The van der Waals surface area contributed by atoms with Gasteiger partial charge >= 0.3 is 0 Å². The summed E-state index contributed by atoms with van der Waals surface area (Å²) >= 11 is 0. The predicted octanol–water partition coefficient (Wildman–Crippen LogP) is 3.46. The third-order valence-electron chi connectivity index (χ3n) is 6.98. The number of anilines is 2. The predicted molar refractivity (Wildman–Crippen MR) is 133 cm³/mol. The molecule has 35 heavy (non-hydrogen) atoms. The van der Waals surface area contributed by atoms with Crippen molar-refractivity contribution in [3.8, 4) is 11.8 Å². The summed E-state index contributed by atoms with van der Waals surface area (Å²) < 4.78 is 5.31. The normalized spacial score (nSPS) is 20.0. The Kier molecular flexibility index (Phi) is 6.23. The van der Waals surface area contributed by atoms with Crippen LogP contribution >= 0.6 is 0 Å². The number of nitriles is 1. The molecule has 1 amide bonds. The maximum Gasteiger partial charge on any atom is 0.258 e. The zero-order chi connectivity index (χ0) is 24.4. The van der Waals surface area contributed by atoms with Gasteiger partial charge in [-0.25, -0.2) is 0 Å². The molecule has 8 nitrogen and oxygen atoms in total. The average Bonchev–Trinajstić information content (AvgIpc) is 2.89. The fourth-order valence-corrected chi connectivity index (χ4v) is 5.14. The van der Waals surface area contributed by atoms with Crippen molar-refractivity contribution in [2.24, 2.45) is 11.8 Å². The fourth-order valence-electron chi connectivity index (χ4n) is 5.14. The van der Waals surface area contributed by atoms with Crippen LogP contribution in [0, 0.1) is 23.2 Å². The van der Waals surface area contributed by atoms with Gasteiger partial charge in [-0.1, -0.05) is 42.5 Å². The smallest absolute Gasteiger partial charge is 0.258 e. The SMILES string of the molecule is COc1cccc(C2c3c(nc(N4CCC(Cc5ccccc5)CC4)[nH]c3=O)NC(=O)C2C#N)c1. The van der Waals surface area contributed by atoms with Crippen molar-refractivity contribution in [3.05, 3.63) is 81.6 Å². The molecule has 0 spiro atoms. The molecule has 178 valence electrons. The average molecular weight is 470 g/mol. The molecule has 1 aromatic heterocycles. The number of ether oxygens (including phenoxy) is 1. The molecule has 1 saturated heterocycles. The van der Waals surface area contributed by atoms with E-state index in [9.17, 15) is 14.9 Å². The zero-order valence-electron chi connectivity index (χ0n) is 19.5. The van der Waals surface area contributed by atoms with Crippen molar-refractivity contribution < 1.29 is 9.53 Å². The number of carbonyl (C=O) groups excluding carboxylic acids is 1. The zero-order valence-corrected chi connectivity index (χ0v) is 19.5. The van der Waals surface area contributed by atoms with Crippen molar-refractivity contribution in [2.75, 3.05) is 30.4 Å². The summed E-state index contributed by atoms with van der Waals surface area (Å²) in [6.45, 7) is 1.54. The Morgan fingerprint density at radius 3 is 2.60 bits per heavy atom. The van der Waals surface area contributed by atoms with Crippen molar-refractivity contribution in [1.29, 1.82) is 5.26 Å². The van der Waals surface area contributed by atoms with Gasteiger partial charge in [-0.3, -0.25) is 14.6 Å². The molecule has 2 aliphatic rings. The number of rotatable bonds is 5.